The van der Waals surface area contributed by atoms with Gasteiger partial charge in [0.05, 0.1) is 35.7 Å². The maximum atomic E-state index is 12.6. The lowest BCUT2D eigenvalue weighted by atomic mass is 10.1. The van der Waals surface area contributed by atoms with Crippen molar-refractivity contribution in [2.24, 2.45) is 0 Å². The lowest BCUT2D eigenvalue weighted by molar-refractivity contribution is -0.142. The third-order valence-corrected chi connectivity index (χ3v) is 6.04. The van der Waals surface area contributed by atoms with Crippen molar-refractivity contribution in [3.8, 4) is 0 Å². The minimum absolute atomic E-state index is 0.112. The summed E-state index contributed by atoms with van der Waals surface area (Å²) in [5.41, 5.74) is 2.10. The molecule has 1 heterocycles. The van der Waals surface area contributed by atoms with E-state index in [1.165, 1.54) is 23.1 Å². The minimum Gasteiger partial charge on any atom is -0.466 e. The van der Waals surface area contributed by atoms with Crippen molar-refractivity contribution < 1.29 is 19.1 Å². The molecule has 0 aliphatic heterocycles. The second kappa shape index (κ2) is 11.3. The molecule has 2 N–H and O–H groups in total. The van der Waals surface area contributed by atoms with Gasteiger partial charge in [0, 0.05) is 11.1 Å². The number of esters is 1. The third kappa shape index (κ3) is 6.94. The SMILES string of the molecule is CCOC(=O)Cc1csc(SCC(=O)Nc2ccccc2C(=O)Nc2ccccc2)n1. The van der Waals surface area contributed by atoms with Crippen molar-refractivity contribution in [2.75, 3.05) is 23.0 Å². The van der Waals surface area contributed by atoms with Gasteiger partial charge in [0.15, 0.2) is 4.34 Å². The predicted molar refractivity (Wildman–Crippen MR) is 123 cm³/mol. The van der Waals surface area contributed by atoms with Gasteiger partial charge in [-0.15, -0.1) is 11.3 Å². The molecule has 2 amide bonds. The van der Waals surface area contributed by atoms with Crippen molar-refractivity contribution in [3.05, 3.63) is 71.2 Å². The standard InChI is InChI=1S/C22H21N3O4S2/c1-2-29-20(27)12-16-13-30-22(24-16)31-14-19(26)25-18-11-7-6-10-17(18)21(28)23-15-8-4-3-5-9-15/h3-11,13H,2,12,14H2,1H3,(H,23,28)(H,25,26). The number of carbonyl (C=O) groups is 3. The number of benzene rings is 2. The van der Waals surface area contributed by atoms with Gasteiger partial charge in [-0.3, -0.25) is 14.4 Å². The summed E-state index contributed by atoms with van der Waals surface area (Å²) in [6, 6.07) is 15.9. The van der Waals surface area contributed by atoms with Crippen LogP contribution in [0.25, 0.3) is 0 Å². The number of aromatic nitrogens is 1. The summed E-state index contributed by atoms with van der Waals surface area (Å²) in [4.78, 5) is 40.9. The summed E-state index contributed by atoms with van der Waals surface area (Å²) in [7, 11) is 0. The van der Waals surface area contributed by atoms with E-state index >= 15 is 0 Å². The molecule has 7 nitrogen and oxygen atoms in total. The van der Waals surface area contributed by atoms with Crippen LogP contribution < -0.4 is 10.6 Å². The van der Waals surface area contributed by atoms with E-state index in [9.17, 15) is 14.4 Å². The van der Waals surface area contributed by atoms with Crippen LogP contribution in [0.5, 0.6) is 0 Å². The maximum absolute atomic E-state index is 12.6. The largest absolute Gasteiger partial charge is 0.466 e. The van der Waals surface area contributed by atoms with E-state index in [-0.39, 0.29) is 30.0 Å². The number of carbonyl (C=O) groups excluding carboxylic acids is 3. The molecule has 2 aromatic carbocycles. The molecule has 0 aliphatic carbocycles. The molecule has 0 fully saturated rings. The lowest BCUT2D eigenvalue weighted by Gasteiger charge is -2.11. The summed E-state index contributed by atoms with van der Waals surface area (Å²) in [5.74, 6) is -0.765. The zero-order valence-corrected chi connectivity index (χ0v) is 18.4. The van der Waals surface area contributed by atoms with Gasteiger partial charge in [-0.2, -0.15) is 0 Å². The molecule has 0 atom stereocenters. The topological polar surface area (TPSA) is 97.4 Å². The molecule has 3 rings (SSSR count). The first-order valence-corrected chi connectivity index (χ1v) is 11.4. The van der Waals surface area contributed by atoms with E-state index in [0.717, 1.165) is 0 Å². The van der Waals surface area contributed by atoms with E-state index in [1.54, 1.807) is 48.7 Å². The zero-order valence-electron chi connectivity index (χ0n) is 16.8. The van der Waals surface area contributed by atoms with E-state index in [1.807, 2.05) is 18.2 Å². The van der Waals surface area contributed by atoms with Crippen LogP contribution in [0.4, 0.5) is 11.4 Å². The number of rotatable bonds is 9. The summed E-state index contributed by atoms with van der Waals surface area (Å²) in [6.07, 6.45) is 0.112. The Balaban J connectivity index is 1.56. The Bertz CT molecular complexity index is 1050. The second-order valence-corrected chi connectivity index (χ2v) is 8.37. The van der Waals surface area contributed by atoms with E-state index in [0.29, 0.717) is 33.6 Å². The van der Waals surface area contributed by atoms with Crippen molar-refractivity contribution in [1.29, 1.82) is 0 Å². The molecule has 3 aromatic rings. The molecular formula is C22H21N3O4S2. The highest BCUT2D eigenvalue weighted by Crippen LogP contribution is 2.24. The molecule has 1 aromatic heterocycles. The van der Waals surface area contributed by atoms with Crippen LogP contribution >= 0.6 is 23.1 Å². The Morgan fingerprint density at radius 1 is 1.03 bits per heavy atom. The summed E-state index contributed by atoms with van der Waals surface area (Å²) in [6.45, 7) is 2.08. The van der Waals surface area contributed by atoms with Crippen LogP contribution in [0.1, 0.15) is 23.0 Å². The number of ether oxygens (including phenoxy) is 1. The number of anilines is 2. The van der Waals surface area contributed by atoms with Gasteiger partial charge in [-0.25, -0.2) is 4.98 Å². The summed E-state index contributed by atoms with van der Waals surface area (Å²) < 4.78 is 5.59. The molecule has 0 saturated heterocycles. The Morgan fingerprint density at radius 3 is 2.55 bits per heavy atom. The first-order chi connectivity index (χ1) is 15.0. The summed E-state index contributed by atoms with van der Waals surface area (Å²) >= 11 is 2.64. The average Bonchev–Trinajstić information content (AvgIpc) is 3.20. The zero-order chi connectivity index (χ0) is 22.1. The monoisotopic (exact) mass is 455 g/mol. The third-order valence-electron chi connectivity index (χ3n) is 3.97. The van der Waals surface area contributed by atoms with Crippen LogP contribution in [0.3, 0.4) is 0 Å². The molecule has 0 unspecified atom stereocenters. The van der Waals surface area contributed by atoms with Gasteiger partial charge in [-0.05, 0) is 31.2 Å². The number of nitrogens with one attached hydrogen (secondary N) is 2. The molecule has 0 spiro atoms. The quantitative estimate of drug-likeness (QED) is 0.370. The molecule has 0 aliphatic rings. The lowest BCUT2D eigenvalue weighted by Crippen LogP contribution is -2.19. The van der Waals surface area contributed by atoms with Crippen LogP contribution in [0, 0.1) is 0 Å². The first-order valence-electron chi connectivity index (χ1n) is 9.53. The maximum Gasteiger partial charge on any atom is 0.311 e. The summed E-state index contributed by atoms with van der Waals surface area (Å²) in [5, 5.41) is 7.38. The van der Waals surface area contributed by atoms with Crippen molar-refractivity contribution in [1.82, 2.24) is 4.98 Å². The highest BCUT2D eigenvalue weighted by atomic mass is 32.2. The fourth-order valence-electron chi connectivity index (χ4n) is 2.62. The van der Waals surface area contributed by atoms with Gasteiger partial charge < -0.3 is 15.4 Å². The number of thiazole rings is 1. The number of nitrogens with zero attached hydrogens (tertiary/aromatic N) is 1. The van der Waals surface area contributed by atoms with E-state index in [2.05, 4.69) is 15.6 Å². The predicted octanol–water partition coefficient (Wildman–Crippen LogP) is 4.23. The highest BCUT2D eigenvalue weighted by molar-refractivity contribution is 8.01. The van der Waals surface area contributed by atoms with Gasteiger partial charge in [0.1, 0.15) is 0 Å². The molecular weight excluding hydrogens is 434 g/mol. The fourth-order valence-corrected chi connectivity index (χ4v) is 4.26. The van der Waals surface area contributed by atoms with Crippen molar-refractivity contribution >= 4 is 52.3 Å². The Kier molecular flexibility index (Phi) is 8.19. The number of thioether (sulfide) groups is 1. The van der Waals surface area contributed by atoms with Crippen LogP contribution in [0.15, 0.2) is 64.3 Å². The van der Waals surface area contributed by atoms with Gasteiger partial charge in [0.2, 0.25) is 5.91 Å². The second-order valence-electron chi connectivity index (χ2n) is 6.29. The van der Waals surface area contributed by atoms with E-state index < -0.39 is 0 Å². The van der Waals surface area contributed by atoms with Gasteiger partial charge in [0.25, 0.3) is 5.91 Å². The number of hydrogen-bond acceptors (Lipinski definition) is 7. The minimum atomic E-state index is -0.326. The molecule has 160 valence electrons. The molecule has 31 heavy (non-hydrogen) atoms. The Hall–Kier alpha value is -3.17. The van der Waals surface area contributed by atoms with Crippen LogP contribution in [0.2, 0.25) is 0 Å². The van der Waals surface area contributed by atoms with Crippen molar-refractivity contribution in [3.63, 3.8) is 0 Å². The molecule has 0 radical (unpaired) electrons. The van der Waals surface area contributed by atoms with Crippen LogP contribution in [-0.2, 0) is 20.7 Å². The molecule has 0 bridgehead atoms. The average molecular weight is 456 g/mol. The Labute approximate surface area is 188 Å². The van der Waals surface area contributed by atoms with Gasteiger partial charge >= 0.3 is 5.97 Å². The normalized spacial score (nSPS) is 10.4. The van der Waals surface area contributed by atoms with E-state index in [4.69, 9.17) is 4.74 Å². The first kappa shape index (κ1) is 22.5. The van der Waals surface area contributed by atoms with Crippen LogP contribution in [-0.4, -0.2) is 35.1 Å². The molecule has 0 saturated carbocycles. The van der Waals surface area contributed by atoms with Crippen molar-refractivity contribution in [2.45, 2.75) is 17.7 Å². The number of para-hydroxylation sites is 2. The molecule has 9 heteroatoms. The Morgan fingerprint density at radius 2 is 1.77 bits per heavy atom. The fraction of sp³-hybridized carbons (Fsp3) is 0.182. The number of amides is 2. The number of hydrogen-bond donors (Lipinski definition) is 2. The van der Waals surface area contributed by atoms with Gasteiger partial charge in [-0.1, -0.05) is 42.1 Å². The smallest absolute Gasteiger partial charge is 0.311 e. The highest BCUT2D eigenvalue weighted by Gasteiger charge is 2.15.